The fourth-order valence-electron chi connectivity index (χ4n) is 1.86. The van der Waals surface area contributed by atoms with Crippen LogP contribution in [0.2, 0.25) is 0 Å². The Hall–Kier alpha value is 1.56. The maximum absolute atomic E-state index is 11.5. The number of alkyl halides is 2. The van der Waals surface area contributed by atoms with Gasteiger partial charge < -0.3 is 0 Å². The van der Waals surface area contributed by atoms with Gasteiger partial charge in [-0.1, -0.05) is 53.4 Å². The fourth-order valence-corrected chi connectivity index (χ4v) is 15.1. The molecule has 2 aliphatic heterocycles. The molecular formula is C8H12Br2O4S4. The number of rotatable bonds is 3. The first-order valence-corrected chi connectivity index (χ1v) is 12.9. The minimum atomic E-state index is -2.94. The van der Waals surface area contributed by atoms with Crippen LogP contribution in [0.3, 0.4) is 0 Å². The molecule has 0 N–H and O–H groups in total. The van der Waals surface area contributed by atoms with Crippen LogP contribution >= 0.6 is 53.4 Å². The molecule has 0 bridgehead atoms. The van der Waals surface area contributed by atoms with Gasteiger partial charge in [0.2, 0.25) is 0 Å². The van der Waals surface area contributed by atoms with Crippen LogP contribution < -0.4 is 0 Å². The summed E-state index contributed by atoms with van der Waals surface area (Å²) < 4.78 is 45.8. The summed E-state index contributed by atoms with van der Waals surface area (Å²) in [6.45, 7) is 0. The van der Waals surface area contributed by atoms with Crippen molar-refractivity contribution >= 4 is 73.1 Å². The molecule has 0 unspecified atom stereocenters. The van der Waals surface area contributed by atoms with Crippen LogP contribution in [0.4, 0.5) is 0 Å². The van der Waals surface area contributed by atoms with Gasteiger partial charge in [-0.15, -0.1) is 0 Å². The zero-order valence-corrected chi connectivity index (χ0v) is 15.6. The van der Waals surface area contributed by atoms with E-state index in [4.69, 9.17) is 0 Å². The van der Waals surface area contributed by atoms with Gasteiger partial charge in [0.15, 0.2) is 19.7 Å². The second kappa shape index (κ2) is 5.75. The largest absolute Gasteiger partial charge is 0.229 e. The average Bonchev–Trinajstić information content (AvgIpc) is 2.59. The number of sulfone groups is 2. The van der Waals surface area contributed by atoms with E-state index in [0.717, 1.165) is 0 Å². The predicted octanol–water partition coefficient (Wildman–Crippen LogP) is 1.49. The molecule has 0 aromatic carbocycles. The topological polar surface area (TPSA) is 68.3 Å². The van der Waals surface area contributed by atoms with Gasteiger partial charge in [-0.05, 0) is 0 Å². The first-order valence-electron chi connectivity index (χ1n) is 5.20. The summed E-state index contributed by atoms with van der Waals surface area (Å²) in [5, 5.41) is 0.00556. The normalized spacial score (nSPS) is 42.1. The van der Waals surface area contributed by atoms with E-state index in [9.17, 15) is 16.8 Å². The molecule has 2 rings (SSSR count). The van der Waals surface area contributed by atoms with Gasteiger partial charge in [0, 0.05) is 20.2 Å². The highest BCUT2D eigenvalue weighted by molar-refractivity contribution is 9.10. The van der Waals surface area contributed by atoms with Gasteiger partial charge in [0.25, 0.3) is 0 Å². The quantitative estimate of drug-likeness (QED) is 0.470. The first-order chi connectivity index (χ1) is 8.19. The summed E-state index contributed by atoms with van der Waals surface area (Å²) in [4.78, 5) is -0.0708. The van der Waals surface area contributed by atoms with E-state index in [2.05, 4.69) is 31.9 Å². The fraction of sp³-hybridized carbons (Fsp3) is 1.00. The number of hydrogen-bond donors (Lipinski definition) is 0. The van der Waals surface area contributed by atoms with Crippen LogP contribution in [-0.4, -0.2) is 60.0 Å². The molecule has 2 heterocycles. The van der Waals surface area contributed by atoms with Crippen LogP contribution in [0.5, 0.6) is 0 Å². The Bertz CT molecular complexity index is 469. The molecule has 106 valence electrons. The SMILES string of the molecule is O=S1(=O)C[C@@H](Br)[C@@H](SS[C@@H]2CS(=O)(=O)C[C@@H]2Br)C1. The van der Waals surface area contributed by atoms with Gasteiger partial charge in [-0.3, -0.25) is 0 Å². The molecule has 0 amide bonds. The van der Waals surface area contributed by atoms with E-state index in [-0.39, 0.29) is 43.2 Å². The van der Waals surface area contributed by atoms with Gasteiger partial charge in [0.1, 0.15) is 0 Å². The van der Waals surface area contributed by atoms with Crippen molar-refractivity contribution in [2.45, 2.75) is 20.2 Å². The van der Waals surface area contributed by atoms with Crippen LogP contribution in [0.15, 0.2) is 0 Å². The lowest BCUT2D eigenvalue weighted by Crippen LogP contribution is -2.17. The van der Waals surface area contributed by atoms with Crippen molar-refractivity contribution in [3.8, 4) is 0 Å². The van der Waals surface area contributed by atoms with Gasteiger partial charge in [0.05, 0.1) is 23.0 Å². The van der Waals surface area contributed by atoms with E-state index < -0.39 is 19.7 Å². The van der Waals surface area contributed by atoms with Crippen molar-refractivity contribution in [3.63, 3.8) is 0 Å². The van der Waals surface area contributed by atoms with E-state index in [1.165, 1.54) is 21.6 Å². The molecule has 0 spiro atoms. The van der Waals surface area contributed by atoms with Crippen LogP contribution in [0.25, 0.3) is 0 Å². The highest BCUT2D eigenvalue weighted by Gasteiger charge is 2.40. The first kappa shape index (κ1) is 15.9. The maximum Gasteiger partial charge on any atom is 0.152 e. The Balaban J connectivity index is 1.90. The Morgan fingerprint density at radius 3 is 1.28 bits per heavy atom. The van der Waals surface area contributed by atoms with Crippen molar-refractivity contribution in [3.05, 3.63) is 0 Å². The van der Waals surface area contributed by atoms with E-state index >= 15 is 0 Å². The third-order valence-corrected chi connectivity index (χ3v) is 13.6. The lowest BCUT2D eigenvalue weighted by molar-refractivity contribution is 0.600. The summed E-state index contributed by atoms with van der Waals surface area (Å²) in [6.07, 6.45) is 0. The second-order valence-electron chi connectivity index (χ2n) is 4.46. The summed E-state index contributed by atoms with van der Waals surface area (Å²) in [6, 6.07) is 0. The molecule has 18 heavy (non-hydrogen) atoms. The molecule has 0 saturated carbocycles. The lowest BCUT2D eigenvalue weighted by atomic mass is 10.4. The standard InChI is InChI=1S/C8H12Br2O4S4/c9-5-1-17(11,12)3-7(5)15-16-8-4-18(13,14)2-6(8)10/h5-8H,1-4H2/t5-,6+,7+,8-. The molecule has 10 heteroatoms. The Kier molecular flexibility index (Phi) is 5.09. The van der Waals surface area contributed by atoms with Crippen LogP contribution in [0.1, 0.15) is 0 Å². The molecule has 4 nitrogen and oxygen atoms in total. The highest BCUT2D eigenvalue weighted by Crippen LogP contribution is 2.43. The van der Waals surface area contributed by atoms with E-state index in [0.29, 0.717) is 0 Å². The lowest BCUT2D eigenvalue weighted by Gasteiger charge is -2.15. The maximum atomic E-state index is 11.5. The summed E-state index contributed by atoms with van der Waals surface area (Å²) in [5.41, 5.74) is 0. The highest BCUT2D eigenvalue weighted by atomic mass is 79.9. The van der Waals surface area contributed by atoms with E-state index in [1.807, 2.05) is 0 Å². The summed E-state index contributed by atoms with van der Waals surface area (Å²) in [7, 11) is -2.89. The Morgan fingerprint density at radius 1 is 0.722 bits per heavy atom. The second-order valence-corrected chi connectivity index (χ2v) is 13.9. The van der Waals surface area contributed by atoms with Crippen molar-refractivity contribution in [2.24, 2.45) is 0 Å². The Morgan fingerprint density at radius 2 is 1.06 bits per heavy atom. The minimum absolute atomic E-state index is 0.00278. The Labute approximate surface area is 132 Å². The molecular weight excluding hydrogens is 448 g/mol. The number of hydrogen-bond acceptors (Lipinski definition) is 6. The molecule has 0 aliphatic carbocycles. The van der Waals surface area contributed by atoms with E-state index in [1.54, 1.807) is 0 Å². The molecule has 0 aromatic rings. The smallest absolute Gasteiger partial charge is 0.152 e. The zero-order chi connectivity index (χ0) is 13.6. The molecule has 2 saturated heterocycles. The van der Waals surface area contributed by atoms with Crippen molar-refractivity contribution < 1.29 is 16.8 Å². The summed E-state index contributed by atoms with van der Waals surface area (Å²) >= 11 is 6.77. The van der Waals surface area contributed by atoms with Crippen LogP contribution in [-0.2, 0) is 19.7 Å². The molecule has 0 radical (unpaired) electrons. The molecule has 2 aliphatic rings. The minimum Gasteiger partial charge on any atom is -0.229 e. The third kappa shape index (κ3) is 4.03. The predicted molar refractivity (Wildman–Crippen MR) is 85.5 cm³/mol. The van der Waals surface area contributed by atoms with Gasteiger partial charge in [-0.2, -0.15) is 0 Å². The van der Waals surface area contributed by atoms with Crippen molar-refractivity contribution in [1.82, 2.24) is 0 Å². The number of halogens is 2. The molecule has 0 aromatic heterocycles. The van der Waals surface area contributed by atoms with Crippen LogP contribution in [0, 0.1) is 0 Å². The third-order valence-electron chi connectivity index (χ3n) is 2.77. The average molecular weight is 460 g/mol. The summed E-state index contributed by atoms with van der Waals surface area (Å²) in [5.74, 6) is 0.692. The molecule has 4 atom stereocenters. The monoisotopic (exact) mass is 458 g/mol. The van der Waals surface area contributed by atoms with Crippen molar-refractivity contribution in [1.29, 1.82) is 0 Å². The van der Waals surface area contributed by atoms with Gasteiger partial charge in [-0.25, -0.2) is 16.8 Å². The van der Waals surface area contributed by atoms with Crippen molar-refractivity contribution in [2.75, 3.05) is 23.0 Å². The zero-order valence-electron chi connectivity index (χ0n) is 9.16. The van der Waals surface area contributed by atoms with Gasteiger partial charge >= 0.3 is 0 Å². The molecule has 2 fully saturated rings.